The van der Waals surface area contributed by atoms with Crippen molar-refractivity contribution in [2.75, 3.05) is 6.54 Å². The summed E-state index contributed by atoms with van der Waals surface area (Å²) in [7, 11) is 0. The van der Waals surface area contributed by atoms with Gasteiger partial charge in [-0.3, -0.25) is 0 Å². The lowest BCUT2D eigenvalue weighted by molar-refractivity contribution is 0.144. The molecule has 0 radical (unpaired) electrons. The first-order valence-electron chi connectivity index (χ1n) is 6.41. The highest BCUT2D eigenvalue weighted by molar-refractivity contribution is 5.34. The molecule has 1 aromatic carbocycles. The van der Waals surface area contributed by atoms with Crippen molar-refractivity contribution in [2.45, 2.75) is 38.3 Å². The van der Waals surface area contributed by atoms with Gasteiger partial charge >= 0.3 is 0 Å². The Hall–Kier alpha value is -1.06. The molecule has 0 aromatic heterocycles. The highest BCUT2D eigenvalue weighted by atomic mass is 16.3. The summed E-state index contributed by atoms with van der Waals surface area (Å²) in [6, 6.07) is 7.50. The molecule has 1 aliphatic rings. The first-order chi connectivity index (χ1) is 8.22. The monoisotopic (exact) mass is 235 g/mol. The van der Waals surface area contributed by atoms with E-state index in [0.717, 1.165) is 24.8 Å². The van der Waals surface area contributed by atoms with Crippen LogP contribution in [-0.4, -0.2) is 22.9 Å². The van der Waals surface area contributed by atoms with Crippen LogP contribution >= 0.6 is 0 Å². The first-order valence-corrected chi connectivity index (χ1v) is 6.41. The van der Waals surface area contributed by atoms with Gasteiger partial charge in [0.1, 0.15) is 5.75 Å². The van der Waals surface area contributed by atoms with E-state index in [1.807, 2.05) is 18.2 Å². The summed E-state index contributed by atoms with van der Waals surface area (Å²) in [5, 5.41) is 23.0. The third-order valence-corrected chi connectivity index (χ3v) is 3.46. The maximum atomic E-state index is 9.82. The number of para-hydroxylation sites is 1. The molecule has 0 amide bonds. The van der Waals surface area contributed by atoms with Crippen molar-refractivity contribution in [2.24, 2.45) is 5.92 Å². The van der Waals surface area contributed by atoms with Gasteiger partial charge in [0.15, 0.2) is 0 Å². The Morgan fingerprint density at radius 1 is 1.35 bits per heavy atom. The Morgan fingerprint density at radius 2 is 2.06 bits per heavy atom. The van der Waals surface area contributed by atoms with Gasteiger partial charge in [0.2, 0.25) is 0 Å². The summed E-state index contributed by atoms with van der Waals surface area (Å²) in [6.07, 6.45) is 2.96. The van der Waals surface area contributed by atoms with Crippen molar-refractivity contribution >= 4 is 0 Å². The van der Waals surface area contributed by atoms with E-state index in [1.54, 1.807) is 6.07 Å². The smallest absolute Gasteiger partial charge is 0.120 e. The molecule has 0 saturated heterocycles. The van der Waals surface area contributed by atoms with Crippen LogP contribution in [0.5, 0.6) is 5.75 Å². The van der Waals surface area contributed by atoms with Crippen LogP contribution in [-0.2, 0) is 0 Å². The predicted octanol–water partition coefficient (Wildman–Crippen LogP) is 2.20. The summed E-state index contributed by atoms with van der Waals surface area (Å²) in [5.74, 6) is 0.817. The number of hydrogen-bond acceptors (Lipinski definition) is 3. The van der Waals surface area contributed by atoms with Crippen LogP contribution in [0.1, 0.15) is 37.8 Å². The Morgan fingerprint density at radius 3 is 2.65 bits per heavy atom. The summed E-state index contributed by atoms with van der Waals surface area (Å²) in [4.78, 5) is 0. The van der Waals surface area contributed by atoms with Crippen LogP contribution in [0.3, 0.4) is 0 Å². The lowest BCUT2D eigenvalue weighted by atomic mass is 10.0. The van der Waals surface area contributed by atoms with Crippen LogP contribution in [0.15, 0.2) is 24.3 Å². The second-order valence-corrected chi connectivity index (χ2v) is 4.83. The van der Waals surface area contributed by atoms with Gasteiger partial charge in [-0.25, -0.2) is 0 Å². The average molecular weight is 235 g/mol. The molecule has 0 aliphatic heterocycles. The molecule has 17 heavy (non-hydrogen) atoms. The largest absolute Gasteiger partial charge is 0.508 e. The third kappa shape index (κ3) is 3.20. The minimum absolute atomic E-state index is 0.115. The zero-order chi connectivity index (χ0) is 12.3. The number of benzene rings is 1. The third-order valence-electron chi connectivity index (χ3n) is 3.46. The Kier molecular flexibility index (Phi) is 4.02. The molecular formula is C14H21NO2. The number of phenols is 1. The van der Waals surface area contributed by atoms with Crippen molar-refractivity contribution in [3.8, 4) is 5.75 Å². The zero-order valence-electron chi connectivity index (χ0n) is 10.3. The number of nitrogens with one attached hydrogen (secondary N) is 1. The van der Waals surface area contributed by atoms with Crippen molar-refractivity contribution in [1.82, 2.24) is 5.32 Å². The van der Waals surface area contributed by atoms with Crippen molar-refractivity contribution in [3.63, 3.8) is 0 Å². The minimum Gasteiger partial charge on any atom is -0.508 e. The van der Waals surface area contributed by atoms with Crippen LogP contribution in [0.25, 0.3) is 0 Å². The molecule has 3 nitrogen and oxygen atoms in total. The maximum Gasteiger partial charge on any atom is 0.120 e. The van der Waals surface area contributed by atoms with E-state index in [2.05, 4.69) is 12.2 Å². The normalized spacial score (nSPS) is 18.9. The van der Waals surface area contributed by atoms with E-state index in [-0.39, 0.29) is 12.1 Å². The summed E-state index contributed by atoms with van der Waals surface area (Å²) in [6.45, 7) is 2.69. The van der Waals surface area contributed by atoms with E-state index in [0.29, 0.717) is 18.2 Å². The van der Waals surface area contributed by atoms with Gasteiger partial charge in [-0.1, -0.05) is 25.1 Å². The van der Waals surface area contributed by atoms with E-state index < -0.39 is 0 Å². The van der Waals surface area contributed by atoms with Gasteiger partial charge in [-0.05, 0) is 31.2 Å². The van der Waals surface area contributed by atoms with Gasteiger partial charge in [-0.2, -0.15) is 0 Å². The Balaban J connectivity index is 1.93. The lowest BCUT2D eigenvalue weighted by Gasteiger charge is -2.20. The molecule has 0 spiro atoms. The standard InChI is InChI=1S/C14H21NO2/c1-2-12(11-5-3-4-6-13(11)16)15-9-14(17)10-7-8-10/h3-6,10,12,14-17H,2,7-9H2,1H3. The van der Waals surface area contributed by atoms with E-state index in [4.69, 9.17) is 0 Å². The molecule has 0 heterocycles. The average Bonchev–Trinajstić information content (AvgIpc) is 3.15. The van der Waals surface area contributed by atoms with Gasteiger partial charge in [0.25, 0.3) is 0 Å². The van der Waals surface area contributed by atoms with Gasteiger partial charge in [-0.15, -0.1) is 0 Å². The molecule has 1 fully saturated rings. The zero-order valence-corrected chi connectivity index (χ0v) is 10.3. The van der Waals surface area contributed by atoms with Crippen LogP contribution in [0, 0.1) is 5.92 Å². The molecule has 1 aliphatic carbocycles. The fourth-order valence-electron chi connectivity index (χ4n) is 2.17. The summed E-state index contributed by atoms with van der Waals surface area (Å²) < 4.78 is 0. The molecule has 2 rings (SSSR count). The summed E-state index contributed by atoms with van der Waals surface area (Å²) in [5.41, 5.74) is 0.915. The van der Waals surface area contributed by atoms with E-state index in [9.17, 15) is 10.2 Å². The molecular weight excluding hydrogens is 214 g/mol. The molecule has 1 aromatic rings. The van der Waals surface area contributed by atoms with Crippen LogP contribution in [0.2, 0.25) is 0 Å². The lowest BCUT2D eigenvalue weighted by Crippen LogP contribution is -2.31. The highest BCUT2D eigenvalue weighted by Gasteiger charge is 2.29. The number of aliphatic hydroxyl groups is 1. The van der Waals surface area contributed by atoms with Gasteiger partial charge in [0.05, 0.1) is 6.10 Å². The topological polar surface area (TPSA) is 52.5 Å². The van der Waals surface area contributed by atoms with Crippen LogP contribution in [0.4, 0.5) is 0 Å². The Labute approximate surface area is 102 Å². The minimum atomic E-state index is -0.241. The number of rotatable bonds is 6. The quantitative estimate of drug-likeness (QED) is 0.708. The number of aromatic hydroxyl groups is 1. The molecule has 1 saturated carbocycles. The highest BCUT2D eigenvalue weighted by Crippen LogP contribution is 2.33. The fraction of sp³-hybridized carbons (Fsp3) is 0.571. The molecule has 2 atom stereocenters. The predicted molar refractivity (Wildman–Crippen MR) is 67.9 cm³/mol. The van der Waals surface area contributed by atoms with Crippen molar-refractivity contribution in [3.05, 3.63) is 29.8 Å². The number of aliphatic hydroxyl groups excluding tert-OH is 1. The molecule has 94 valence electrons. The molecule has 3 heteroatoms. The second-order valence-electron chi connectivity index (χ2n) is 4.83. The SMILES string of the molecule is CCC(NCC(O)C1CC1)c1ccccc1O. The number of hydrogen-bond donors (Lipinski definition) is 3. The first kappa shape index (κ1) is 12.4. The molecule has 3 N–H and O–H groups in total. The van der Waals surface area contributed by atoms with E-state index in [1.165, 1.54) is 0 Å². The van der Waals surface area contributed by atoms with Gasteiger partial charge in [0, 0.05) is 18.2 Å². The Bertz CT molecular complexity index is 363. The summed E-state index contributed by atoms with van der Waals surface area (Å²) >= 11 is 0. The second kappa shape index (κ2) is 5.52. The molecule has 0 bridgehead atoms. The molecule has 2 unspecified atom stereocenters. The van der Waals surface area contributed by atoms with Crippen molar-refractivity contribution in [1.29, 1.82) is 0 Å². The van der Waals surface area contributed by atoms with Crippen molar-refractivity contribution < 1.29 is 10.2 Å². The fourth-order valence-corrected chi connectivity index (χ4v) is 2.17. The maximum absolute atomic E-state index is 9.82. The van der Waals surface area contributed by atoms with Gasteiger partial charge < -0.3 is 15.5 Å². The van der Waals surface area contributed by atoms with E-state index >= 15 is 0 Å². The van der Waals surface area contributed by atoms with Crippen LogP contribution < -0.4 is 5.32 Å². The number of phenolic OH excluding ortho intramolecular Hbond substituents is 1.